The second-order valence-electron chi connectivity index (χ2n) is 11.4. The number of nitrogens with zero attached hydrogens (tertiary/aromatic N) is 1. The van der Waals surface area contributed by atoms with Crippen molar-refractivity contribution in [3.63, 3.8) is 0 Å². The Morgan fingerprint density at radius 3 is 2.44 bits per heavy atom. The number of rotatable bonds is 3. The van der Waals surface area contributed by atoms with Gasteiger partial charge in [0.05, 0.1) is 0 Å². The quantitative estimate of drug-likeness (QED) is 0.701. The first-order valence-corrected chi connectivity index (χ1v) is 12.5. The molecule has 0 unspecified atom stereocenters. The minimum atomic E-state index is -0.0569. The number of amides is 2. The van der Waals surface area contributed by atoms with Crippen LogP contribution in [0.4, 0.5) is 5.69 Å². The van der Waals surface area contributed by atoms with Gasteiger partial charge in [0.15, 0.2) is 0 Å². The van der Waals surface area contributed by atoms with Crippen molar-refractivity contribution in [2.45, 2.75) is 84.3 Å². The van der Waals surface area contributed by atoms with Crippen LogP contribution in [-0.2, 0) is 9.59 Å². The van der Waals surface area contributed by atoms with Crippen molar-refractivity contribution in [1.82, 2.24) is 4.90 Å². The summed E-state index contributed by atoms with van der Waals surface area (Å²) >= 11 is 0. The van der Waals surface area contributed by atoms with Crippen LogP contribution in [0, 0.1) is 28.6 Å². The Morgan fingerprint density at radius 2 is 1.72 bits per heavy atom. The maximum atomic E-state index is 12.4. The van der Waals surface area contributed by atoms with Crippen LogP contribution in [0.3, 0.4) is 0 Å². The molecule has 1 heterocycles. The molecule has 1 aromatic carbocycles. The maximum absolute atomic E-state index is 12.4. The zero-order valence-corrected chi connectivity index (χ0v) is 20.0. The molecule has 3 aliphatic carbocycles. The lowest BCUT2D eigenvalue weighted by molar-refractivity contribution is -0.159. The highest BCUT2D eigenvalue weighted by Gasteiger charge is 2.61. The minimum Gasteiger partial charge on any atom is -0.490 e. The van der Waals surface area contributed by atoms with Gasteiger partial charge in [-0.15, -0.1) is 0 Å². The summed E-state index contributed by atoms with van der Waals surface area (Å²) in [6, 6.07) is 8.23. The molecule has 0 spiro atoms. The molecule has 5 rings (SSSR count). The normalized spacial score (nSPS) is 40.8. The number of fused-ring (bicyclic) bond motifs is 5. The van der Waals surface area contributed by atoms with Crippen LogP contribution in [0.25, 0.3) is 0 Å². The fraction of sp³-hybridized carbons (Fsp3) is 0.704. The number of carbonyl (C=O) groups excluding carboxylic acids is 2. The first-order valence-electron chi connectivity index (χ1n) is 12.5. The van der Waals surface area contributed by atoms with E-state index in [1.54, 1.807) is 0 Å². The van der Waals surface area contributed by atoms with E-state index < -0.39 is 0 Å². The summed E-state index contributed by atoms with van der Waals surface area (Å²) in [5.74, 6) is 3.38. The topological polar surface area (TPSA) is 58.6 Å². The number of hydrogen-bond donors (Lipinski definition) is 1. The van der Waals surface area contributed by atoms with Crippen molar-refractivity contribution in [2.75, 3.05) is 12.4 Å². The van der Waals surface area contributed by atoms with Crippen molar-refractivity contribution >= 4 is 17.5 Å². The fourth-order valence-corrected chi connectivity index (χ4v) is 8.28. The lowest BCUT2D eigenvalue weighted by Gasteiger charge is -2.61. The molecule has 5 nitrogen and oxygen atoms in total. The molecule has 2 amide bonds. The third-order valence-corrected chi connectivity index (χ3v) is 9.92. The van der Waals surface area contributed by atoms with Crippen LogP contribution in [0.15, 0.2) is 24.3 Å². The maximum Gasteiger partial charge on any atom is 0.222 e. The molecule has 1 aliphatic heterocycles. The van der Waals surface area contributed by atoms with Crippen molar-refractivity contribution in [3.8, 4) is 5.75 Å². The van der Waals surface area contributed by atoms with Crippen molar-refractivity contribution in [1.29, 1.82) is 0 Å². The first-order chi connectivity index (χ1) is 15.2. The van der Waals surface area contributed by atoms with Gasteiger partial charge < -0.3 is 15.0 Å². The molecule has 1 N–H and O–H groups in total. The third kappa shape index (κ3) is 3.34. The van der Waals surface area contributed by atoms with Gasteiger partial charge in [-0.3, -0.25) is 9.59 Å². The number of ether oxygens (including phenoxy) is 1. The van der Waals surface area contributed by atoms with E-state index >= 15 is 0 Å². The predicted octanol–water partition coefficient (Wildman–Crippen LogP) is 5.26. The summed E-state index contributed by atoms with van der Waals surface area (Å²) in [5.41, 5.74) is 1.30. The highest BCUT2D eigenvalue weighted by Crippen LogP contribution is 2.65. The Kier molecular flexibility index (Phi) is 5.29. The molecule has 5 heteroatoms. The minimum absolute atomic E-state index is 0.0569. The summed E-state index contributed by atoms with van der Waals surface area (Å²) in [6.45, 7) is 6.49. The highest BCUT2D eigenvalue weighted by molar-refractivity contribution is 5.88. The van der Waals surface area contributed by atoms with E-state index in [1.807, 2.05) is 31.3 Å². The molecule has 0 aromatic heterocycles. The molecule has 174 valence electrons. The lowest BCUT2D eigenvalue weighted by Crippen LogP contribution is -2.61. The predicted molar refractivity (Wildman–Crippen MR) is 125 cm³/mol. The van der Waals surface area contributed by atoms with Gasteiger partial charge in [-0.25, -0.2) is 0 Å². The van der Waals surface area contributed by atoms with Gasteiger partial charge in [0.2, 0.25) is 11.8 Å². The number of piperidine rings is 1. The van der Waals surface area contributed by atoms with Crippen LogP contribution in [0.1, 0.15) is 72.1 Å². The summed E-state index contributed by atoms with van der Waals surface area (Å²) in [5, 5.41) is 2.82. The Labute approximate surface area is 192 Å². The number of hydrogen-bond acceptors (Lipinski definition) is 3. The Hall–Kier alpha value is -2.04. The van der Waals surface area contributed by atoms with Gasteiger partial charge in [0.1, 0.15) is 11.9 Å². The van der Waals surface area contributed by atoms with E-state index in [-0.39, 0.29) is 22.8 Å². The summed E-state index contributed by atoms with van der Waals surface area (Å²) in [6.07, 6.45) is 9.28. The van der Waals surface area contributed by atoms with Gasteiger partial charge >= 0.3 is 0 Å². The molecule has 3 saturated carbocycles. The van der Waals surface area contributed by atoms with Crippen LogP contribution in [0.2, 0.25) is 0 Å². The first kappa shape index (κ1) is 21.8. The van der Waals surface area contributed by atoms with Crippen LogP contribution >= 0.6 is 0 Å². The molecule has 4 aliphatic rings. The second-order valence-corrected chi connectivity index (χ2v) is 11.4. The molecule has 1 saturated heterocycles. The molecule has 0 radical (unpaired) electrons. The standard InChI is InChI=1S/C27H38N2O3/c1-17(30)28-18-5-7-19(8-6-18)32-24-12-10-21-20-9-11-23-26(2,16-14-25(31)29(23)4)22(20)13-15-27(21,24)3/h5-8,20-24H,9-16H2,1-4H3,(H,28,30)/t20-,21-,22-,23+,24-,26+,27-/m0/s1. The van der Waals surface area contributed by atoms with Crippen LogP contribution in [0.5, 0.6) is 5.75 Å². The van der Waals surface area contributed by atoms with E-state index in [2.05, 4.69) is 24.1 Å². The number of nitrogens with one attached hydrogen (secondary N) is 1. The van der Waals surface area contributed by atoms with Crippen LogP contribution in [-0.4, -0.2) is 35.9 Å². The summed E-state index contributed by atoms with van der Waals surface area (Å²) in [7, 11) is 2.04. The van der Waals surface area contributed by atoms with Gasteiger partial charge in [-0.05, 0) is 92.4 Å². The highest BCUT2D eigenvalue weighted by atomic mass is 16.5. The average molecular weight is 439 g/mol. The van der Waals surface area contributed by atoms with E-state index in [0.29, 0.717) is 17.9 Å². The summed E-state index contributed by atoms with van der Waals surface area (Å²) in [4.78, 5) is 25.7. The van der Waals surface area contributed by atoms with E-state index in [4.69, 9.17) is 4.74 Å². The monoisotopic (exact) mass is 438 g/mol. The van der Waals surface area contributed by atoms with Gasteiger partial charge in [0.25, 0.3) is 0 Å². The van der Waals surface area contributed by atoms with Gasteiger partial charge in [-0.2, -0.15) is 0 Å². The number of anilines is 1. The van der Waals surface area contributed by atoms with Crippen molar-refractivity contribution in [3.05, 3.63) is 24.3 Å². The third-order valence-electron chi connectivity index (χ3n) is 9.92. The number of benzene rings is 1. The fourth-order valence-electron chi connectivity index (χ4n) is 8.28. The van der Waals surface area contributed by atoms with Crippen molar-refractivity contribution < 1.29 is 14.3 Å². The molecule has 0 bridgehead atoms. The smallest absolute Gasteiger partial charge is 0.222 e. The Balaban J connectivity index is 1.32. The largest absolute Gasteiger partial charge is 0.490 e. The molecule has 7 atom stereocenters. The zero-order chi connectivity index (χ0) is 22.7. The summed E-state index contributed by atoms with van der Waals surface area (Å²) < 4.78 is 6.58. The van der Waals surface area contributed by atoms with E-state index in [0.717, 1.165) is 49.0 Å². The molecular weight excluding hydrogens is 400 g/mol. The van der Waals surface area contributed by atoms with E-state index in [9.17, 15) is 9.59 Å². The Morgan fingerprint density at radius 1 is 1.00 bits per heavy atom. The van der Waals surface area contributed by atoms with Gasteiger partial charge in [-0.1, -0.05) is 13.8 Å². The molecule has 4 fully saturated rings. The van der Waals surface area contributed by atoms with Crippen LogP contribution < -0.4 is 10.1 Å². The number of likely N-dealkylation sites (tertiary alicyclic amines) is 1. The molecular formula is C27H38N2O3. The average Bonchev–Trinajstić information content (AvgIpc) is 3.08. The van der Waals surface area contributed by atoms with Gasteiger partial charge in [0, 0.05) is 37.5 Å². The SMILES string of the molecule is CC(=O)Nc1ccc(O[C@H]2CC[C@H]3[C@@H]4CC[C@H]5N(C)C(=O)CC[C@]5(C)[C@H]4CC[C@]23C)cc1. The second kappa shape index (κ2) is 7.78. The molecule has 32 heavy (non-hydrogen) atoms. The Bertz CT molecular complexity index is 899. The van der Waals surface area contributed by atoms with Crippen molar-refractivity contribution in [2.24, 2.45) is 28.6 Å². The zero-order valence-electron chi connectivity index (χ0n) is 20.0. The number of carbonyl (C=O) groups is 2. The molecule has 1 aromatic rings. The van der Waals surface area contributed by atoms with E-state index in [1.165, 1.54) is 32.6 Å². The lowest BCUT2D eigenvalue weighted by atomic mass is 9.47.